The van der Waals surface area contributed by atoms with Gasteiger partial charge in [0, 0.05) is 22.9 Å². The Morgan fingerprint density at radius 1 is 1.33 bits per heavy atom. The highest BCUT2D eigenvalue weighted by Gasteiger charge is 2.29. The fourth-order valence-corrected chi connectivity index (χ4v) is 3.11. The number of hydrogen-bond donors (Lipinski definition) is 1. The van der Waals surface area contributed by atoms with E-state index in [1.807, 2.05) is 20.8 Å². The van der Waals surface area contributed by atoms with Gasteiger partial charge >= 0.3 is 0 Å². The number of nitro groups is 1. The van der Waals surface area contributed by atoms with Crippen LogP contribution in [0, 0.1) is 16.0 Å². The lowest BCUT2D eigenvalue weighted by molar-refractivity contribution is -0.385. The van der Waals surface area contributed by atoms with Gasteiger partial charge in [0.15, 0.2) is 0 Å². The zero-order valence-electron chi connectivity index (χ0n) is 12.0. The van der Waals surface area contributed by atoms with Crippen molar-refractivity contribution >= 4 is 28.2 Å². The summed E-state index contributed by atoms with van der Waals surface area (Å²) in [5.41, 5.74) is 0.465. The molecule has 2 unspecified atom stereocenters. The lowest BCUT2D eigenvalue weighted by atomic mass is 9.84. The summed E-state index contributed by atoms with van der Waals surface area (Å²) in [5, 5.41) is 11.3. The average molecular weight is 310 g/mol. The number of nitrogens with zero attached hydrogens (tertiary/aromatic N) is 2. The number of aromatic nitrogens is 2. The van der Waals surface area contributed by atoms with Crippen LogP contribution in [0.5, 0.6) is 0 Å². The second kappa shape index (κ2) is 5.81. The Hall–Kier alpha value is -1.95. The van der Waals surface area contributed by atoms with Crippen LogP contribution in [0.2, 0.25) is 0 Å². The second-order valence-electron chi connectivity index (χ2n) is 5.36. The summed E-state index contributed by atoms with van der Waals surface area (Å²) in [4.78, 5) is 29.1. The van der Waals surface area contributed by atoms with Crippen LogP contribution in [0.4, 0.5) is 5.69 Å². The molecule has 0 spiro atoms. The van der Waals surface area contributed by atoms with E-state index >= 15 is 0 Å². The Morgan fingerprint density at radius 3 is 2.52 bits per heavy atom. The molecular formula is C14H16ClN3O3. The molecule has 7 heteroatoms. The van der Waals surface area contributed by atoms with E-state index in [4.69, 9.17) is 11.6 Å². The van der Waals surface area contributed by atoms with Crippen molar-refractivity contribution in [1.29, 1.82) is 0 Å². The predicted octanol–water partition coefficient (Wildman–Crippen LogP) is 3.20. The minimum atomic E-state index is -0.476. The van der Waals surface area contributed by atoms with Crippen LogP contribution in [0.25, 0.3) is 10.9 Å². The summed E-state index contributed by atoms with van der Waals surface area (Å²) in [5.74, 6) is -0.0757. The van der Waals surface area contributed by atoms with Gasteiger partial charge in [0.05, 0.1) is 22.2 Å². The van der Waals surface area contributed by atoms with Crippen LogP contribution >= 0.6 is 11.6 Å². The van der Waals surface area contributed by atoms with Crippen LogP contribution in [0.3, 0.4) is 0 Å². The molecule has 0 aliphatic carbocycles. The van der Waals surface area contributed by atoms with Crippen LogP contribution < -0.4 is 5.56 Å². The molecule has 2 aromatic rings. The maximum absolute atomic E-state index is 11.8. The van der Waals surface area contributed by atoms with E-state index in [9.17, 15) is 14.9 Å². The predicted molar refractivity (Wildman–Crippen MR) is 81.9 cm³/mol. The lowest BCUT2D eigenvalue weighted by Crippen LogP contribution is -2.18. The highest BCUT2D eigenvalue weighted by atomic mass is 35.5. The van der Waals surface area contributed by atoms with Crippen molar-refractivity contribution in [2.45, 2.75) is 32.1 Å². The van der Waals surface area contributed by atoms with Gasteiger partial charge in [-0.1, -0.05) is 13.8 Å². The minimum absolute atomic E-state index is 0.0906. The fraction of sp³-hybridized carbons (Fsp3) is 0.429. The number of alkyl halides is 1. The van der Waals surface area contributed by atoms with Gasteiger partial charge in [-0.05, 0) is 18.9 Å². The number of hydrogen-bond acceptors (Lipinski definition) is 4. The second-order valence-corrected chi connectivity index (χ2v) is 6.05. The Morgan fingerprint density at radius 2 is 2.00 bits per heavy atom. The van der Waals surface area contributed by atoms with Gasteiger partial charge in [-0.15, -0.1) is 11.6 Å². The van der Waals surface area contributed by atoms with Gasteiger partial charge in [-0.25, -0.2) is 4.98 Å². The van der Waals surface area contributed by atoms with Crippen LogP contribution in [-0.4, -0.2) is 20.3 Å². The summed E-state index contributed by atoms with van der Waals surface area (Å²) in [7, 11) is 0. The summed E-state index contributed by atoms with van der Waals surface area (Å²) in [6.45, 7) is 5.73. The van der Waals surface area contributed by atoms with Crippen LogP contribution in [0.15, 0.2) is 23.3 Å². The van der Waals surface area contributed by atoms with Gasteiger partial charge in [0.2, 0.25) is 0 Å². The largest absolute Gasteiger partial charge is 0.313 e. The number of rotatable bonds is 4. The quantitative estimate of drug-likeness (QED) is 0.533. The molecule has 0 aliphatic rings. The molecular weight excluding hydrogens is 294 g/mol. The van der Waals surface area contributed by atoms with Gasteiger partial charge in [-0.2, -0.15) is 0 Å². The Kier molecular flexibility index (Phi) is 4.27. The number of H-pyrrole nitrogens is 1. The molecule has 0 saturated carbocycles. The monoisotopic (exact) mass is 309 g/mol. The number of aromatic amines is 1. The normalized spacial score (nSPS) is 14.3. The van der Waals surface area contributed by atoms with E-state index in [1.54, 1.807) is 6.07 Å². The molecule has 1 aromatic carbocycles. The van der Waals surface area contributed by atoms with E-state index in [1.165, 1.54) is 12.4 Å². The Labute approximate surface area is 126 Å². The van der Waals surface area contributed by atoms with Crippen LogP contribution in [0.1, 0.15) is 32.3 Å². The smallest absolute Gasteiger partial charge is 0.273 e. The molecule has 0 aliphatic heterocycles. The summed E-state index contributed by atoms with van der Waals surface area (Å²) in [6, 6.07) is 2.89. The zero-order valence-corrected chi connectivity index (χ0v) is 12.7. The number of nitrogens with one attached hydrogen (secondary N) is 1. The van der Waals surface area contributed by atoms with Crippen molar-refractivity contribution in [3.8, 4) is 0 Å². The van der Waals surface area contributed by atoms with Gasteiger partial charge in [-0.3, -0.25) is 14.9 Å². The number of fused-ring (bicyclic) bond motifs is 1. The van der Waals surface area contributed by atoms with Crippen molar-refractivity contribution in [2.24, 2.45) is 5.92 Å². The molecule has 0 bridgehead atoms. The molecule has 2 atom stereocenters. The molecule has 21 heavy (non-hydrogen) atoms. The molecule has 0 fully saturated rings. The maximum Gasteiger partial charge on any atom is 0.273 e. The van der Waals surface area contributed by atoms with E-state index in [2.05, 4.69) is 9.97 Å². The van der Waals surface area contributed by atoms with Crippen molar-refractivity contribution in [1.82, 2.24) is 9.97 Å². The highest BCUT2D eigenvalue weighted by molar-refractivity contribution is 6.21. The van der Waals surface area contributed by atoms with E-state index < -0.39 is 10.5 Å². The Balaban J connectivity index is 2.80. The molecule has 2 rings (SSSR count). The maximum atomic E-state index is 11.8. The molecule has 112 valence electrons. The third-order valence-corrected chi connectivity index (χ3v) is 3.83. The van der Waals surface area contributed by atoms with Gasteiger partial charge in [0.25, 0.3) is 11.2 Å². The molecule has 1 N–H and O–H groups in total. The molecule has 0 amide bonds. The average Bonchev–Trinajstić information content (AvgIpc) is 2.37. The van der Waals surface area contributed by atoms with Gasteiger partial charge < -0.3 is 4.98 Å². The van der Waals surface area contributed by atoms with Crippen LogP contribution in [-0.2, 0) is 0 Å². The number of benzene rings is 1. The minimum Gasteiger partial charge on any atom is -0.313 e. The molecule has 0 saturated heterocycles. The first-order valence-electron chi connectivity index (χ1n) is 6.62. The number of nitro benzene ring substituents is 1. The summed E-state index contributed by atoms with van der Waals surface area (Å²) < 4.78 is 0. The van der Waals surface area contributed by atoms with E-state index in [0.29, 0.717) is 11.1 Å². The topological polar surface area (TPSA) is 88.9 Å². The first-order chi connectivity index (χ1) is 9.82. The SMILES string of the molecule is CC(C)C(c1cc2nc[nH]c(=O)c2cc1[N+](=O)[O-])C(C)Cl. The molecule has 1 aromatic heterocycles. The van der Waals surface area contributed by atoms with Gasteiger partial charge in [0.1, 0.15) is 0 Å². The van der Waals surface area contributed by atoms with Crippen molar-refractivity contribution in [2.75, 3.05) is 0 Å². The molecule has 6 nitrogen and oxygen atoms in total. The van der Waals surface area contributed by atoms with Crippen molar-refractivity contribution < 1.29 is 4.92 Å². The lowest BCUT2D eigenvalue weighted by Gasteiger charge is -2.23. The highest BCUT2D eigenvalue weighted by Crippen LogP contribution is 2.37. The third-order valence-electron chi connectivity index (χ3n) is 3.56. The zero-order chi connectivity index (χ0) is 15.7. The van der Waals surface area contributed by atoms with E-state index in [0.717, 1.165) is 0 Å². The van der Waals surface area contributed by atoms with Crippen molar-refractivity contribution in [3.63, 3.8) is 0 Å². The first kappa shape index (κ1) is 15.4. The molecule has 0 radical (unpaired) electrons. The third kappa shape index (κ3) is 2.90. The Bertz CT molecular complexity index is 732. The first-order valence-corrected chi connectivity index (χ1v) is 7.06. The summed E-state index contributed by atoms with van der Waals surface area (Å²) >= 11 is 6.22. The van der Waals surface area contributed by atoms with E-state index in [-0.39, 0.29) is 28.3 Å². The fourth-order valence-electron chi connectivity index (χ4n) is 2.68. The number of halogens is 1. The molecule has 1 heterocycles. The summed E-state index contributed by atoms with van der Waals surface area (Å²) in [6.07, 6.45) is 1.29. The van der Waals surface area contributed by atoms with Crippen molar-refractivity contribution in [3.05, 3.63) is 44.5 Å². The standard InChI is InChI=1S/C14H16ClN3O3/c1-7(2)13(8(3)15)10-4-11-9(5-12(10)18(20)21)14(19)17-6-16-11/h4-8,13H,1-3H3,(H,16,17,19).